The number of aliphatic imine (C=N–C) groups is 2. The molecular weight excluding hydrogens is 198 g/mol. The number of allylic oxidation sites excluding steroid dienone is 1. The molecule has 0 atom stereocenters. The van der Waals surface area contributed by atoms with E-state index < -0.39 is 0 Å². The Hall–Kier alpha value is -1.12. The maximum absolute atomic E-state index is 4.31. The standard InChI is InChI=1S/C13H23N3/c1-10(11(2)14-3)13(15-4)16-12-8-6-5-7-9-12/h12H,3,5-9H2,1-2,4H3,(H,15,16)/b11-10-. The molecular formula is C13H23N3. The summed E-state index contributed by atoms with van der Waals surface area (Å²) in [7, 11) is 1.82. The van der Waals surface area contributed by atoms with E-state index in [1.807, 2.05) is 20.9 Å². The lowest BCUT2D eigenvalue weighted by Gasteiger charge is -2.25. The molecule has 0 spiro atoms. The first kappa shape index (κ1) is 12.9. The molecule has 3 heteroatoms. The summed E-state index contributed by atoms with van der Waals surface area (Å²) < 4.78 is 0. The van der Waals surface area contributed by atoms with Crippen LogP contribution in [0.1, 0.15) is 46.0 Å². The van der Waals surface area contributed by atoms with Crippen molar-refractivity contribution in [2.24, 2.45) is 9.98 Å². The average Bonchev–Trinajstić information content (AvgIpc) is 2.35. The topological polar surface area (TPSA) is 36.8 Å². The molecule has 0 aliphatic heterocycles. The minimum Gasteiger partial charge on any atom is -0.367 e. The first-order chi connectivity index (χ1) is 7.69. The second-order valence-electron chi connectivity index (χ2n) is 4.42. The Morgan fingerprint density at radius 3 is 2.31 bits per heavy atom. The Morgan fingerprint density at radius 1 is 1.19 bits per heavy atom. The molecule has 1 fully saturated rings. The van der Waals surface area contributed by atoms with Gasteiger partial charge in [0.2, 0.25) is 0 Å². The number of hydrogen-bond donors (Lipinski definition) is 1. The fraction of sp³-hybridized carbons (Fsp3) is 0.692. The molecule has 0 aromatic heterocycles. The third-order valence-corrected chi connectivity index (χ3v) is 3.30. The summed E-state index contributed by atoms with van der Waals surface area (Å²) in [6.45, 7) is 7.57. The van der Waals surface area contributed by atoms with Gasteiger partial charge < -0.3 is 5.32 Å². The van der Waals surface area contributed by atoms with Gasteiger partial charge in [0.25, 0.3) is 0 Å². The lowest BCUT2D eigenvalue weighted by molar-refractivity contribution is 0.413. The molecule has 1 N–H and O–H groups in total. The Labute approximate surface area is 98.8 Å². The Balaban J connectivity index is 2.65. The van der Waals surface area contributed by atoms with Gasteiger partial charge in [0.1, 0.15) is 5.84 Å². The lowest BCUT2D eigenvalue weighted by atomic mass is 9.95. The number of hydrogen-bond acceptors (Lipinski definition) is 2. The van der Waals surface area contributed by atoms with E-state index in [2.05, 4.69) is 22.0 Å². The predicted molar refractivity (Wildman–Crippen MR) is 71.3 cm³/mol. The molecule has 90 valence electrons. The van der Waals surface area contributed by atoms with E-state index in [-0.39, 0.29) is 0 Å². The highest BCUT2D eigenvalue weighted by Crippen LogP contribution is 2.18. The van der Waals surface area contributed by atoms with Gasteiger partial charge in [-0.3, -0.25) is 9.98 Å². The van der Waals surface area contributed by atoms with Gasteiger partial charge in [-0.05, 0) is 33.4 Å². The molecule has 16 heavy (non-hydrogen) atoms. The number of amidine groups is 1. The Morgan fingerprint density at radius 2 is 1.81 bits per heavy atom. The van der Waals surface area contributed by atoms with Gasteiger partial charge in [-0.25, -0.2) is 0 Å². The zero-order chi connectivity index (χ0) is 12.0. The van der Waals surface area contributed by atoms with Crippen LogP contribution in [-0.4, -0.2) is 25.6 Å². The van der Waals surface area contributed by atoms with Gasteiger partial charge in [0, 0.05) is 24.4 Å². The van der Waals surface area contributed by atoms with Crippen molar-refractivity contribution in [1.29, 1.82) is 0 Å². The van der Waals surface area contributed by atoms with Crippen LogP contribution in [0.4, 0.5) is 0 Å². The Bertz CT molecular complexity index is 296. The van der Waals surface area contributed by atoms with Crippen LogP contribution in [-0.2, 0) is 0 Å². The lowest BCUT2D eigenvalue weighted by Crippen LogP contribution is -2.37. The molecule has 0 heterocycles. The molecule has 0 bridgehead atoms. The highest BCUT2D eigenvalue weighted by molar-refractivity contribution is 5.98. The zero-order valence-corrected chi connectivity index (χ0v) is 10.7. The van der Waals surface area contributed by atoms with Crippen molar-refractivity contribution in [3.63, 3.8) is 0 Å². The third-order valence-electron chi connectivity index (χ3n) is 3.30. The van der Waals surface area contributed by atoms with Crippen LogP contribution in [0.15, 0.2) is 21.3 Å². The molecule has 1 aliphatic rings. The van der Waals surface area contributed by atoms with Gasteiger partial charge in [-0.15, -0.1) is 0 Å². The first-order valence-electron chi connectivity index (χ1n) is 6.07. The van der Waals surface area contributed by atoms with E-state index in [4.69, 9.17) is 0 Å². The van der Waals surface area contributed by atoms with Crippen molar-refractivity contribution >= 4 is 12.6 Å². The van der Waals surface area contributed by atoms with Gasteiger partial charge in [0.05, 0.1) is 0 Å². The van der Waals surface area contributed by atoms with E-state index in [0.29, 0.717) is 6.04 Å². The summed E-state index contributed by atoms with van der Waals surface area (Å²) in [6.07, 6.45) is 6.55. The molecule has 3 nitrogen and oxygen atoms in total. The van der Waals surface area contributed by atoms with Gasteiger partial charge >= 0.3 is 0 Å². The van der Waals surface area contributed by atoms with Crippen molar-refractivity contribution < 1.29 is 0 Å². The van der Waals surface area contributed by atoms with Crippen molar-refractivity contribution in [1.82, 2.24) is 5.32 Å². The predicted octanol–water partition coefficient (Wildman–Crippen LogP) is 2.93. The second kappa shape index (κ2) is 6.46. The van der Waals surface area contributed by atoms with Crippen LogP contribution in [0.5, 0.6) is 0 Å². The third kappa shape index (κ3) is 3.47. The van der Waals surface area contributed by atoms with E-state index in [9.17, 15) is 0 Å². The summed E-state index contributed by atoms with van der Waals surface area (Å²) in [5, 5.41) is 3.52. The van der Waals surface area contributed by atoms with Gasteiger partial charge in [-0.2, -0.15) is 0 Å². The smallest absolute Gasteiger partial charge is 0.125 e. The maximum atomic E-state index is 4.31. The number of nitrogens with zero attached hydrogens (tertiary/aromatic N) is 2. The number of rotatable bonds is 3. The molecule has 0 unspecified atom stereocenters. The van der Waals surface area contributed by atoms with Crippen LogP contribution < -0.4 is 5.32 Å². The summed E-state index contributed by atoms with van der Waals surface area (Å²) in [5.74, 6) is 0.969. The van der Waals surface area contributed by atoms with Crippen molar-refractivity contribution in [2.45, 2.75) is 52.0 Å². The highest BCUT2D eigenvalue weighted by Gasteiger charge is 2.15. The molecule has 0 radical (unpaired) electrons. The average molecular weight is 221 g/mol. The Kier molecular flexibility index (Phi) is 5.23. The van der Waals surface area contributed by atoms with Crippen molar-refractivity contribution in [3.8, 4) is 0 Å². The molecule has 0 saturated heterocycles. The van der Waals surface area contributed by atoms with Crippen molar-refractivity contribution in [2.75, 3.05) is 7.05 Å². The van der Waals surface area contributed by atoms with E-state index in [1.54, 1.807) is 0 Å². The molecule has 0 aromatic carbocycles. The first-order valence-corrected chi connectivity index (χ1v) is 6.07. The summed E-state index contributed by atoms with van der Waals surface area (Å²) in [6, 6.07) is 0.583. The van der Waals surface area contributed by atoms with E-state index in [0.717, 1.165) is 17.1 Å². The highest BCUT2D eigenvalue weighted by atomic mass is 15.0. The zero-order valence-electron chi connectivity index (χ0n) is 10.7. The maximum Gasteiger partial charge on any atom is 0.125 e. The molecule has 0 aromatic rings. The van der Waals surface area contributed by atoms with E-state index >= 15 is 0 Å². The molecule has 1 saturated carbocycles. The van der Waals surface area contributed by atoms with Crippen LogP contribution in [0.2, 0.25) is 0 Å². The fourth-order valence-electron chi connectivity index (χ4n) is 2.07. The van der Waals surface area contributed by atoms with Crippen LogP contribution in [0.3, 0.4) is 0 Å². The molecule has 1 aliphatic carbocycles. The van der Waals surface area contributed by atoms with Gasteiger partial charge in [-0.1, -0.05) is 19.3 Å². The van der Waals surface area contributed by atoms with Crippen LogP contribution in [0, 0.1) is 0 Å². The van der Waals surface area contributed by atoms with Gasteiger partial charge in [0.15, 0.2) is 0 Å². The van der Waals surface area contributed by atoms with Crippen molar-refractivity contribution in [3.05, 3.63) is 11.3 Å². The minimum absolute atomic E-state index is 0.583. The fourth-order valence-corrected chi connectivity index (χ4v) is 2.07. The quantitative estimate of drug-likeness (QED) is 0.577. The number of nitrogens with one attached hydrogen (secondary N) is 1. The summed E-state index contributed by atoms with van der Waals surface area (Å²) in [4.78, 5) is 8.27. The largest absolute Gasteiger partial charge is 0.367 e. The van der Waals surface area contributed by atoms with Crippen LogP contribution in [0.25, 0.3) is 0 Å². The SMILES string of the molecule is C=N/C(C)=C(/C)C(=NC)NC1CCCCC1. The minimum atomic E-state index is 0.583. The summed E-state index contributed by atoms with van der Waals surface area (Å²) in [5.41, 5.74) is 2.05. The van der Waals surface area contributed by atoms with Crippen LogP contribution >= 0.6 is 0 Å². The van der Waals surface area contributed by atoms with E-state index in [1.165, 1.54) is 32.1 Å². The monoisotopic (exact) mass is 221 g/mol. The molecule has 1 rings (SSSR count). The summed E-state index contributed by atoms with van der Waals surface area (Å²) >= 11 is 0. The normalized spacial score (nSPS) is 20.3. The molecule has 0 amide bonds. The second-order valence-corrected chi connectivity index (χ2v) is 4.42.